The van der Waals surface area contributed by atoms with Gasteiger partial charge in [-0.1, -0.05) is 42.0 Å². The van der Waals surface area contributed by atoms with Gasteiger partial charge >= 0.3 is 0 Å². The lowest BCUT2D eigenvalue weighted by Crippen LogP contribution is -2.14. The van der Waals surface area contributed by atoms with Gasteiger partial charge in [-0.25, -0.2) is 0 Å². The molecule has 0 aliphatic carbocycles. The molecule has 0 heterocycles. The van der Waals surface area contributed by atoms with Crippen LogP contribution in [0.3, 0.4) is 0 Å². The van der Waals surface area contributed by atoms with Crippen LogP contribution in [0.15, 0.2) is 48.5 Å². The molecule has 0 atom stereocenters. The van der Waals surface area contributed by atoms with E-state index in [-0.39, 0.29) is 12.5 Å². The van der Waals surface area contributed by atoms with Crippen molar-refractivity contribution in [1.82, 2.24) is 0 Å². The molecule has 3 nitrogen and oxygen atoms in total. The summed E-state index contributed by atoms with van der Waals surface area (Å²) in [5, 5.41) is 11.9. The van der Waals surface area contributed by atoms with E-state index in [1.54, 1.807) is 17.8 Å². The van der Waals surface area contributed by atoms with Crippen LogP contribution in [0, 0.1) is 6.92 Å². The number of anilines is 1. The van der Waals surface area contributed by atoms with Gasteiger partial charge in [-0.15, -0.1) is 11.8 Å². The van der Waals surface area contributed by atoms with Gasteiger partial charge < -0.3 is 10.4 Å². The zero-order chi connectivity index (χ0) is 15.1. The predicted molar refractivity (Wildman–Crippen MR) is 88.3 cm³/mol. The molecule has 0 saturated carbocycles. The first-order valence-corrected chi connectivity index (χ1v) is 7.96. The molecule has 21 heavy (non-hydrogen) atoms. The highest BCUT2D eigenvalue weighted by atomic mass is 32.2. The minimum atomic E-state index is -0.0257. The molecule has 0 fully saturated rings. The normalized spacial score (nSPS) is 10.4. The van der Waals surface area contributed by atoms with Crippen LogP contribution in [0.1, 0.15) is 16.7 Å². The van der Waals surface area contributed by atoms with Crippen molar-refractivity contribution in [2.75, 3.05) is 11.1 Å². The summed E-state index contributed by atoms with van der Waals surface area (Å²) in [6, 6.07) is 15.6. The van der Waals surface area contributed by atoms with Crippen molar-refractivity contribution in [2.24, 2.45) is 0 Å². The smallest absolute Gasteiger partial charge is 0.234 e. The average Bonchev–Trinajstić information content (AvgIpc) is 2.49. The molecule has 0 aromatic heterocycles. The second-order valence-corrected chi connectivity index (χ2v) is 5.87. The van der Waals surface area contributed by atoms with Gasteiger partial charge in [0.1, 0.15) is 0 Å². The summed E-state index contributed by atoms with van der Waals surface area (Å²) >= 11 is 1.59. The molecule has 0 aliphatic rings. The molecule has 110 valence electrons. The van der Waals surface area contributed by atoms with Gasteiger partial charge in [0.05, 0.1) is 12.4 Å². The summed E-state index contributed by atoms with van der Waals surface area (Å²) in [5.74, 6) is 1.21. The van der Waals surface area contributed by atoms with E-state index in [1.165, 1.54) is 11.1 Å². The standard InChI is InChI=1S/C17H19NO2S/c1-13-5-7-14(8-6-13)11-21-12-17(20)18-16-4-2-3-15(9-16)10-19/h2-9,19H,10-12H2,1H3,(H,18,20). The van der Waals surface area contributed by atoms with Crippen molar-refractivity contribution in [3.8, 4) is 0 Å². The molecule has 2 aromatic carbocycles. The van der Waals surface area contributed by atoms with Crippen molar-refractivity contribution in [2.45, 2.75) is 19.3 Å². The van der Waals surface area contributed by atoms with Crippen LogP contribution in [-0.4, -0.2) is 16.8 Å². The monoisotopic (exact) mass is 301 g/mol. The number of benzene rings is 2. The van der Waals surface area contributed by atoms with Crippen molar-refractivity contribution in [3.05, 3.63) is 65.2 Å². The Bertz CT molecular complexity index is 596. The average molecular weight is 301 g/mol. The van der Waals surface area contributed by atoms with Crippen LogP contribution < -0.4 is 5.32 Å². The molecule has 0 saturated heterocycles. The van der Waals surface area contributed by atoms with Gasteiger partial charge in [0, 0.05) is 11.4 Å². The minimum absolute atomic E-state index is 0.0219. The highest BCUT2D eigenvalue weighted by Gasteiger charge is 2.03. The highest BCUT2D eigenvalue weighted by molar-refractivity contribution is 7.99. The van der Waals surface area contributed by atoms with Crippen molar-refractivity contribution < 1.29 is 9.90 Å². The fourth-order valence-electron chi connectivity index (χ4n) is 1.89. The molecule has 2 N–H and O–H groups in total. The Hall–Kier alpha value is -1.78. The first-order valence-electron chi connectivity index (χ1n) is 6.80. The van der Waals surface area contributed by atoms with Crippen LogP contribution in [-0.2, 0) is 17.2 Å². The molecular weight excluding hydrogens is 282 g/mol. The molecule has 0 radical (unpaired) electrons. The van der Waals surface area contributed by atoms with E-state index in [0.29, 0.717) is 5.75 Å². The predicted octanol–water partition coefficient (Wildman–Crippen LogP) is 3.36. The number of hydrogen-bond donors (Lipinski definition) is 2. The van der Waals surface area contributed by atoms with Crippen LogP contribution in [0.4, 0.5) is 5.69 Å². The number of hydrogen-bond acceptors (Lipinski definition) is 3. The topological polar surface area (TPSA) is 49.3 Å². The van der Waals surface area contributed by atoms with E-state index in [0.717, 1.165) is 17.0 Å². The zero-order valence-electron chi connectivity index (χ0n) is 12.0. The largest absolute Gasteiger partial charge is 0.392 e. The second-order valence-electron chi connectivity index (χ2n) is 4.89. The van der Waals surface area contributed by atoms with E-state index >= 15 is 0 Å². The van der Waals surface area contributed by atoms with Gasteiger partial charge in [-0.05, 0) is 30.2 Å². The number of amides is 1. The summed E-state index contributed by atoms with van der Waals surface area (Å²) in [6.45, 7) is 2.04. The van der Waals surface area contributed by atoms with Gasteiger partial charge in [0.15, 0.2) is 0 Å². The number of carbonyl (C=O) groups is 1. The van der Waals surface area contributed by atoms with Crippen LogP contribution in [0.2, 0.25) is 0 Å². The maximum atomic E-state index is 11.9. The molecule has 1 amide bonds. The Labute approximate surface area is 129 Å². The maximum Gasteiger partial charge on any atom is 0.234 e. The molecule has 4 heteroatoms. The molecule has 2 aromatic rings. The lowest BCUT2D eigenvalue weighted by atomic mass is 10.2. The third-order valence-corrected chi connectivity index (χ3v) is 4.02. The van der Waals surface area contributed by atoms with Gasteiger partial charge in [0.25, 0.3) is 0 Å². The molecule has 2 rings (SSSR count). The Morgan fingerprint density at radius 1 is 1.14 bits per heavy atom. The third-order valence-electron chi connectivity index (χ3n) is 3.02. The Morgan fingerprint density at radius 2 is 1.90 bits per heavy atom. The summed E-state index contributed by atoms with van der Waals surface area (Å²) in [6.07, 6.45) is 0. The summed E-state index contributed by atoms with van der Waals surface area (Å²) in [7, 11) is 0. The minimum Gasteiger partial charge on any atom is -0.392 e. The van der Waals surface area contributed by atoms with Crippen LogP contribution >= 0.6 is 11.8 Å². The molecular formula is C17H19NO2S. The van der Waals surface area contributed by atoms with Crippen molar-refractivity contribution >= 4 is 23.4 Å². The quantitative estimate of drug-likeness (QED) is 0.860. The molecule has 0 aliphatic heterocycles. The van der Waals surface area contributed by atoms with E-state index in [4.69, 9.17) is 5.11 Å². The Balaban J connectivity index is 1.78. The molecule has 0 unspecified atom stereocenters. The van der Waals surface area contributed by atoms with E-state index in [2.05, 4.69) is 36.5 Å². The Morgan fingerprint density at radius 3 is 2.62 bits per heavy atom. The van der Waals surface area contributed by atoms with Crippen LogP contribution in [0.25, 0.3) is 0 Å². The summed E-state index contributed by atoms with van der Waals surface area (Å²) in [4.78, 5) is 11.9. The summed E-state index contributed by atoms with van der Waals surface area (Å²) < 4.78 is 0. The van der Waals surface area contributed by atoms with Crippen molar-refractivity contribution in [1.29, 1.82) is 0 Å². The summed E-state index contributed by atoms with van der Waals surface area (Å²) in [5.41, 5.74) is 3.98. The number of rotatable bonds is 6. The first kappa shape index (κ1) is 15.6. The van der Waals surface area contributed by atoms with Gasteiger partial charge in [-0.2, -0.15) is 0 Å². The van der Waals surface area contributed by atoms with Gasteiger partial charge in [-0.3, -0.25) is 4.79 Å². The fourth-order valence-corrected chi connectivity index (χ4v) is 2.68. The lowest BCUT2D eigenvalue weighted by molar-refractivity contribution is -0.113. The zero-order valence-corrected chi connectivity index (χ0v) is 12.8. The Kier molecular flexibility index (Phi) is 5.84. The number of aliphatic hydroxyl groups is 1. The second kappa shape index (κ2) is 7.86. The number of aliphatic hydroxyl groups excluding tert-OH is 1. The van der Waals surface area contributed by atoms with Crippen molar-refractivity contribution in [3.63, 3.8) is 0 Å². The molecule has 0 bridgehead atoms. The SMILES string of the molecule is Cc1ccc(CSCC(=O)Nc2cccc(CO)c2)cc1. The van der Waals surface area contributed by atoms with E-state index in [1.807, 2.05) is 18.2 Å². The number of thioether (sulfide) groups is 1. The van der Waals surface area contributed by atoms with Crippen LogP contribution in [0.5, 0.6) is 0 Å². The molecule has 0 spiro atoms. The highest BCUT2D eigenvalue weighted by Crippen LogP contribution is 2.15. The number of nitrogens with one attached hydrogen (secondary N) is 1. The van der Waals surface area contributed by atoms with E-state index in [9.17, 15) is 4.79 Å². The third kappa shape index (κ3) is 5.25. The fraction of sp³-hybridized carbons (Fsp3) is 0.235. The lowest BCUT2D eigenvalue weighted by Gasteiger charge is -2.06. The van der Waals surface area contributed by atoms with Gasteiger partial charge in [0.2, 0.25) is 5.91 Å². The number of aryl methyl sites for hydroxylation is 1. The first-order chi connectivity index (χ1) is 10.2. The number of carbonyl (C=O) groups excluding carboxylic acids is 1. The maximum absolute atomic E-state index is 11.9. The van der Waals surface area contributed by atoms with E-state index < -0.39 is 0 Å².